The Balaban J connectivity index is 5.20. The number of hydrogen-bond acceptors (Lipinski definition) is 15. The zero-order valence-electron chi connectivity index (χ0n) is 61.3. The molecule has 0 bridgehead atoms. The summed E-state index contributed by atoms with van der Waals surface area (Å²) in [6, 6.07) is 0. The molecular formula is C75H146O17P2. The van der Waals surface area contributed by atoms with Gasteiger partial charge in [0.1, 0.15) is 19.3 Å². The van der Waals surface area contributed by atoms with E-state index < -0.39 is 97.5 Å². The average Bonchev–Trinajstić information content (AvgIpc) is 1.40. The molecule has 0 spiro atoms. The van der Waals surface area contributed by atoms with Crippen LogP contribution >= 0.6 is 15.6 Å². The van der Waals surface area contributed by atoms with Crippen molar-refractivity contribution in [3.8, 4) is 0 Å². The zero-order valence-corrected chi connectivity index (χ0v) is 63.1. The van der Waals surface area contributed by atoms with Gasteiger partial charge in [-0.15, -0.1) is 0 Å². The van der Waals surface area contributed by atoms with Crippen molar-refractivity contribution in [2.45, 2.75) is 407 Å². The van der Waals surface area contributed by atoms with Crippen molar-refractivity contribution in [2.75, 3.05) is 39.6 Å². The Bertz CT molecular complexity index is 1820. The largest absolute Gasteiger partial charge is 0.472 e. The molecule has 558 valence electrons. The van der Waals surface area contributed by atoms with Crippen LogP contribution in [0.3, 0.4) is 0 Å². The number of ether oxygens (including phenoxy) is 4. The van der Waals surface area contributed by atoms with E-state index in [-0.39, 0.29) is 25.7 Å². The number of rotatable bonds is 74. The Morgan fingerprint density at radius 1 is 0.287 bits per heavy atom. The highest BCUT2D eigenvalue weighted by atomic mass is 31.2. The average molecular weight is 1380 g/mol. The van der Waals surface area contributed by atoms with Gasteiger partial charge >= 0.3 is 39.5 Å². The van der Waals surface area contributed by atoms with E-state index in [0.717, 1.165) is 108 Å². The lowest BCUT2D eigenvalue weighted by Crippen LogP contribution is -2.30. The van der Waals surface area contributed by atoms with Crippen LogP contribution in [-0.2, 0) is 65.4 Å². The minimum absolute atomic E-state index is 0.105. The number of aliphatic hydroxyl groups is 1. The monoisotopic (exact) mass is 1380 g/mol. The van der Waals surface area contributed by atoms with Crippen molar-refractivity contribution < 1.29 is 80.2 Å². The van der Waals surface area contributed by atoms with Crippen LogP contribution in [0.4, 0.5) is 0 Å². The fraction of sp³-hybridized carbons (Fsp3) is 0.947. The van der Waals surface area contributed by atoms with Crippen LogP contribution in [0, 0.1) is 11.8 Å². The molecule has 19 heteroatoms. The topological polar surface area (TPSA) is 237 Å². The highest BCUT2D eigenvalue weighted by Gasteiger charge is 2.30. The summed E-state index contributed by atoms with van der Waals surface area (Å²) in [5.41, 5.74) is 0. The Kier molecular flexibility index (Phi) is 65.5. The summed E-state index contributed by atoms with van der Waals surface area (Å²) < 4.78 is 68.4. The first-order valence-corrected chi connectivity index (χ1v) is 42.0. The fourth-order valence-corrected chi connectivity index (χ4v) is 13.1. The van der Waals surface area contributed by atoms with Gasteiger partial charge in [0.2, 0.25) is 0 Å². The molecule has 0 aromatic carbocycles. The van der Waals surface area contributed by atoms with Crippen LogP contribution in [0.1, 0.15) is 388 Å². The minimum atomic E-state index is -4.96. The molecule has 5 atom stereocenters. The highest BCUT2D eigenvalue weighted by Crippen LogP contribution is 2.45. The van der Waals surface area contributed by atoms with E-state index in [4.69, 9.17) is 37.0 Å². The Labute approximate surface area is 575 Å². The van der Waals surface area contributed by atoms with Gasteiger partial charge < -0.3 is 33.8 Å². The molecule has 0 aromatic rings. The number of phosphoric ester groups is 2. The molecule has 0 rings (SSSR count). The van der Waals surface area contributed by atoms with Crippen molar-refractivity contribution in [1.29, 1.82) is 0 Å². The molecule has 94 heavy (non-hydrogen) atoms. The smallest absolute Gasteiger partial charge is 0.462 e. The van der Waals surface area contributed by atoms with Gasteiger partial charge in [0.25, 0.3) is 0 Å². The van der Waals surface area contributed by atoms with Crippen LogP contribution in [0.25, 0.3) is 0 Å². The molecule has 2 unspecified atom stereocenters. The van der Waals surface area contributed by atoms with Gasteiger partial charge in [-0.3, -0.25) is 37.3 Å². The standard InChI is InChI=1S/C75H146O17P2/c1-7-9-11-13-15-17-18-19-22-26-29-34-40-46-52-58-73(78)86-64-71(91-74(79)59-53-47-41-35-30-27-24-21-20-23-25-28-32-37-43-49-55-67(3)4)66-90-94(83,84)88-62-69(76)61-87-93(81,82)89-65-70(63-85-72(77)57-51-45-39-16-14-12-10-8-2)92-75(80)60-54-48-42-36-31-33-38-44-50-56-68(5)6/h67-71,76H,7-66H2,1-6H3,(H,81,82)(H,83,84)/t69-,70+,71+/m0/s1. The summed E-state index contributed by atoms with van der Waals surface area (Å²) in [5.74, 6) is -0.573. The maximum atomic E-state index is 13.1. The third kappa shape index (κ3) is 68.6. The maximum Gasteiger partial charge on any atom is 0.472 e. The first-order valence-electron chi connectivity index (χ1n) is 39.0. The minimum Gasteiger partial charge on any atom is -0.462 e. The molecule has 0 radical (unpaired) electrons. The summed E-state index contributed by atoms with van der Waals surface area (Å²) in [4.78, 5) is 72.7. The SMILES string of the molecule is CCCCCCCCCCCCCCCCCC(=O)OC[C@H](COP(=O)(O)OC[C@@H](O)COP(=O)(O)OC[C@@H](COC(=O)CCCCCCCCCC)OC(=O)CCCCCCCCCCCC(C)C)OC(=O)CCCCCCCCCCCCCCCCCCC(C)C. The predicted molar refractivity (Wildman–Crippen MR) is 381 cm³/mol. The van der Waals surface area contributed by atoms with E-state index in [2.05, 4.69) is 41.5 Å². The van der Waals surface area contributed by atoms with E-state index in [9.17, 15) is 43.2 Å². The van der Waals surface area contributed by atoms with Gasteiger partial charge in [0.05, 0.1) is 26.4 Å². The number of esters is 4. The Morgan fingerprint density at radius 2 is 0.489 bits per heavy atom. The van der Waals surface area contributed by atoms with Crippen LogP contribution in [0.2, 0.25) is 0 Å². The fourth-order valence-electron chi connectivity index (χ4n) is 11.5. The Hall–Kier alpha value is -1.94. The van der Waals surface area contributed by atoms with Crippen LogP contribution < -0.4 is 0 Å². The Morgan fingerprint density at radius 3 is 0.723 bits per heavy atom. The normalized spacial score (nSPS) is 14.0. The second-order valence-corrected chi connectivity index (χ2v) is 30.9. The van der Waals surface area contributed by atoms with Crippen LogP contribution in [0.5, 0.6) is 0 Å². The van der Waals surface area contributed by atoms with E-state index in [1.165, 1.54) is 199 Å². The predicted octanol–water partition coefficient (Wildman–Crippen LogP) is 21.9. The van der Waals surface area contributed by atoms with Gasteiger partial charge in [-0.2, -0.15) is 0 Å². The van der Waals surface area contributed by atoms with Crippen molar-refractivity contribution >= 4 is 39.5 Å². The van der Waals surface area contributed by atoms with Crippen molar-refractivity contribution in [1.82, 2.24) is 0 Å². The summed E-state index contributed by atoms with van der Waals surface area (Å²) >= 11 is 0. The first kappa shape index (κ1) is 92.1. The molecule has 0 saturated heterocycles. The molecule has 0 heterocycles. The molecule has 0 aliphatic carbocycles. The number of phosphoric acid groups is 2. The van der Waals surface area contributed by atoms with E-state index >= 15 is 0 Å². The van der Waals surface area contributed by atoms with E-state index in [0.29, 0.717) is 25.7 Å². The number of unbranched alkanes of at least 4 members (excludes halogenated alkanes) is 44. The molecule has 0 saturated carbocycles. The lowest BCUT2D eigenvalue weighted by molar-refractivity contribution is -0.161. The van der Waals surface area contributed by atoms with Gasteiger partial charge in [0.15, 0.2) is 12.2 Å². The zero-order chi connectivity index (χ0) is 69.3. The number of hydrogen-bond donors (Lipinski definition) is 3. The molecular weight excluding hydrogens is 1230 g/mol. The number of aliphatic hydroxyl groups excluding tert-OH is 1. The van der Waals surface area contributed by atoms with Gasteiger partial charge in [-0.1, -0.05) is 337 Å². The lowest BCUT2D eigenvalue weighted by atomic mass is 10.0. The third-order valence-electron chi connectivity index (χ3n) is 17.5. The van der Waals surface area contributed by atoms with Crippen LogP contribution in [0.15, 0.2) is 0 Å². The highest BCUT2D eigenvalue weighted by molar-refractivity contribution is 7.47. The molecule has 0 aliphatic heterocycles. The second-order valence-electron chi connectivity index (χ2n) is 28.0. The molecule has 0 aliphatic rings. The first-order chi connectivity index (χ1) is 45.4. The van der Waals surface area contributed by atoms with E-state index in [1.807, 2.05) is 0 Å². The second kappa shape index (κ2) is 66.9. The van der Waals surface area contributed by atoms with E-state index in [1.54, 1.807) is 0 Å². The molecule has 17 nitrogen and oxygen atoms in total. The number of carbonyl (C=O) groups excluding carboxylic acids is 4. The van der Waals surface area contributed by atoms with Gasteiger partial charge in [0, 0.05) is 25.7 Å². The van der Waals surface area contributed by atoms with Crippen LogP contribution in [-0.4, -0.2) is 96.7 Å². The summed E-state index contributed by atoms with van der Waals surface area (Å²) in [6.45, 7) is 9.57. The molecule has 0 amide bonds. The van der Waals surface area contributed by atoms with Crippen molar-refractivity contribution in [3.05, 3.63) is 0 Å². The number of carbonyl (C=O) groups is 4. The van der Waals surface area contributed by atoms with Crippen molar-refractivity contribution in [2.24, 2.45) is 11.8 Å². The maximum absolute atomic E-state index is 13.1. The third-order valence-corrected chi connectivity index (χ3v) is 19.4. The molecule has 0 aromatic heterocycles. The van der Waals surface area contributed by atoms with Gasteiger partial charge in [-0.05, 0) is 37.5 Å². The lowest BCUT2D eigenvalue weighted by Gasteiger charge is -2.21. The molecule has 3 N–H and O–H groups in total. The summed E-state index contributed by atoms with van der Waals surface area (Å²) in [7, 11) is -9.91. The van der Waals surface area contributed by atoms with Crippen molar-refractivity contribution in [3.63, 3.8) is 0 Å². The molecule has 0 fully saturated rings. The van der Waals surface area contributed by atoms with Gasteiger partial charge in [-0.25, -0.2) is 9.13 Å². The quantitative estimate of drug-likeness (QED) is 0.0222. The summed E-state index contributed by atoms with van der Waals surface area (Å²) in [6.07, 6.45) is 54.2. The summed E-state index contributed by atoms with van der Waals surface area (Å²) in [5, 5.41) is 10.6.